The van der Waals surface area contributed by atoms with Crippen LogP contribution < -0.4 is 16.4 Å². The molecule has 116 valence electrons. The number of nitrogens with two attached hydrogens (primary N) is 1. The predicted molar refractivity (Wildman–Crippen MR) is 77.7 cm³/mol. The minimum absolute atomic E-state index is 0.250. The Morgan fingerprint density at radius 2 is 1.70 bits per heavy atom. The fraction of sp³-hybridized carbons (Fsp3) is 0.786. The van der Waals surface area contributed by atoms with E-state index in [2.05, 4.69) is 10.6 Å². The van der Waals surface area contributed by atoms with Gasteiger partial charge in [-0.2, -0.15) is 0 Å². The molecule has 0 aliphatic rings. The number of carbonyl (C=O) groups excluding carboxylic acids is 3. The summed E-state index contributed by atoms with van der Waals surface area (Å²) in [6.45, 7) is 7.29. The van der Waals surface area contributed by atoms with E-state index in [-0.39, 0.29) is 17.7 Å². The molecule has 2 atom stereocenters. The van der Waals surface area contributed by atoms with Crippen molar-refractivity contribution in [3.63, 3.8) is 0 Å². The van der Waals surface area contributed by atoms with Crippen molar-refractivity contribution in [1.82, 2.24) is 10.6 Å². The van der Waals surface area contributed by atoms with E-state index in [1.165, 1.54) is 6.92 Å². The number of hydrogen-bond acceptors (Lipinski definition) is 3. The molecule has 3 amide bonds. The van der Waals surface area contributed by atoms with Crippen LogP contribution in [-0.4, -0.2) is 29.8 Å². The zero-order valence-electron chi connectivity index (χ0n) is 12.9. The summed E-state index contributed by atoms with van der Waals surface area (Å²) in [5, 5.41) is 5.24. The van der Waals surface area contributed by atoms with Gasteiger partial charge in [0, 0.05) is 6.92 Å². The normalized spacial score (nSPS) is 13.7. The van der Waals surface area contributed by atoms with Gasteiger partial charge in [-0.05, 0) is 18.8 Å². The van der Waals surface area contributed by atoms with Gasteiger partial charge in [-0.25, -0.2) is 0 Å². The molecular weight excluding hydrogens is 258 g/mol. The zero-order chi connectivity index (χ0) is 15.7. The molecule has 0 aromatic heterocycles. The zero-order valence-corrected chi connectivity index (χ0v) is 12.9. The topological polar surface area (TPSA) is 101 Å². The average molecular weight is 285 g/mol. The first kappa shape index (κ1) is 18.4. The molecule has 0 aliphatic carbocycles. The fourth-order valence-electron chi connectivity index (χ4n) is 1.91. The quantitative estimate of drug-likeness (QED) is 0.581. The van der Waals surface area contributed by atoms with Gasteiger partial charge in [0.15, 0.2) is 0 Å². The third kappa shape index (κ3) is 7.76. The Kier molecular flexibility index (Phi) is 8.59. The smallest absolute Gasteiger partial charge is 0.243 e. The monoisotopic (exact) mass is 285 g/mol. The largest absolute Gasteiger partial charge is 0.368 e. The molecule has 0 aliphatic heterocycles. The number of carbonyl (C=O) groups is 3. The van der Waals surface area contributed by atoms with Crippen LogP contribution in [0, 0.1) is 5.92 Å². The summed E-state index contributed by atoms with van der Waals surface area (Å²) in [4.78, 5) is 34.6. The minimum Gasteiger partial charge on any atom is -0.368 e. The van der Waals surface area contributed by atoms with E-state index < -0.39 is 18.0 Å². The second-order valence-corrected chi connectivity index (χ2v) is 5.49. The molecule has 0 saturated carbocycles. The molecule has 0 heterocycles. The van der Waals surface area contributed by atoms with Crippen molar-refractivity contribution in [2.75, 3.05) is 0 Å². The van der Waals surface area contributed by atoms with Crippen LogP contribution in [0.4, 0.5) is 0 Å². The Morgan fingerprint density at radius 1 is 1.10 bits per heavy atom. The van der Waals surface area contributed by atoms with Crippen LogP contribution >= 0.6 is 0 Å². The van der Waals surface area contributed by atoms with E-state index in [4.69, 9.17) is 5.73 Å². The number of unbranched alkanes of at least 4 members (excludes halogenated alkanes) is 1. The molecule has 0 rings (SSSR count). The molecule has 4 N–H and O–H groups in total. The summed E-state index contributed by atoms with van der Waals surface area (Å²) >= 11 is 0. The highest BCUT2D eigenvalue weighted by molar-refractivity contribution is 5.91. The molecular formula is C14H27N3O3. The van der Waals surface area contributed by atoms with Crippen molar-refractivity contribution in [1.29, 1.82) is 0 Å². The lowest BCUT2D eigenvalue weighted by Crippen LogP contribution is -2.53. The molecule has 20 heavy (non-hydrogen) atoms. The van der Waals surface area contributed by atoms with Crippen LogP contribution in [-0.2, 0) is 14.4 Å². The highest BCUT2D eigenvalue weighted by Crippen LogP contribution is 2.07. The maximum atomic E-state index is 12.2. The summed E-state index contributed by atoms with van der Waals surface area (Å²) in [6.07, 6.45) is 2.76. The highest BCUT2D eigenvalue weighted by atomic mass is 16.2. The number of primary amides is 1. The van der Waals surface area contributed by atoms with Crippen molar-refractivity contribution >= 4 is 17.7 Å². The predicted octanol–water partition coefficient (Wildman–Crippen LogP) is 0.698. The van der Waals surface area contributed by atoms with Crippen molar-refractivity contribution in [2.24, 2.45) is 11.7 Å². The molecule has 0 aromatic carbocycles. The van der Waals surface area contributed by atoms with Crippen LogP contribution in [0.1, 0.15) is 53.4 Å². The maximum Gasteiger partial charge on any atom is 0.243 e. The highest BCUT2D eigenvalue weighted by Gasteiger charge is 2.25. The molecule has 0 spiro atoms. The van der Waals surface area contributed by atoms with Crippen molar-refractivity contribution in [3.8, 4) is 0 Å². The van der Waals surface area contributed by atoms with Crippen LogP contribution in [0.15, 0.2) is 0 Å². The van der Waals surface area contributed by atoms with Crippen LogP contribution in [0.3, 0.4) is 0 Å². The molecule has 0 aromatic rings. The van der Waals surface area contributed by atoms with E-state index in [1.807, 2.05) is 20.8 Å². The van der Waals surface area contributed by atoms with Crippen LogP contribution in [0.2, 0.25) is 0 Å². The van der Waals surface area contributed by atoms with Gasteiger partial charge in [0.1, 0.15) is 12.1 Å². The number of rotatable bonds is 9. The second kappa shape index (κ2) is 9.34. The summed E-state index contributed by atoms with van der Waals surface area (Å²) in [5.41, 5.74) is 5.29. The van der Waals surface area contributed by atoms with Crippen LogP contribution in [0.5, 0.6) is 0 Å². The SMILES string of the molecule is CCCC[C@H](NC(=O)[C@H](CC(C)C)NC(C)=O)C(N)=O. The second-order valence-electron chi connectivity index (χ2n) is 5.49. The maximum absolute atomic E-state index is 12.2. The van der Waals surface area contributed by atoms with Gasteiger partial charge in [0.2, 0.25) is 17.7 Å². The molecule has 0 radical (unpaired) electrons. The summed E-state index contributed by atoms with van der Waals surface area (Å²) < 4.78 is 0. The third-order valence-corrected chi connectivity index (χ3v) is 2.91. The van der Waals surface area contributed by atoms with Gasteiger partial charge >= 0.3 is 0 Å². The number of nitrogens with one attached hydrogen (secondary N) is 2. The molecule has 0 fully saturated rings. The first-order valence-electron chi connectivity index (χ1n) is 7.14. The van der Waals surface area contributed by atoms with Crippen molar-refractivity contribution in [3.05, 3.63) is 0 Å². The summed E-state index contributed by atoms with van der Waals surface area (Å²) in [7, 11) is 0. The Labute approximate surface area is 120 Å². The number of hydrogen-bond donors (Lipinski definition) is 3. The Bertz CT molecular complexity index is 343. The lowest BCUT2D eigenvalue weighted by atomic mass is 10.0. The minimum atomic E-state index is -0.675. The molecule has 6 nitrogen and oxygen atoms in total. The van der Waals surface area contributed by atoms with E-state index in [1.54, 1.807) is 0 Å². The lowest BCUT2D eigenvalue weighted by molar-refractivity contribution is -0.131. The summed E-state index contributed by atoms with van der Waals surface area (Å²) in [5.74, 6) is -0.915. The van der Waals surface area contributed by atoms with E-state index >= 15 is 0 Å². The Balaban J connectivity index is 4.68. The molecule has 0 unspecified atom stereocenters. The molecule has 0 bridgehead atoms. The Morgan fingerprint density at radius 3 is 2.10 bits per heavy atom. The van der Waals surface area contributed by atoms with E-state index in [0.717, 1.165) is 12.8 Å². The van der Waals surface area contributed by atoms with E-state index in [0.29, 0.717) is 12.8 Å². The Hall–Kier alpha value is -1.59. The van der Waals surface area contributed by atoms with Crippen molar-refractivity contribution in [2.45, 2.75) is 65.5 Å². The van der Waals surface area contributed by atoms with Gasteiger partial charge in [-0.3, -0.25) is 14.4 Å². The summed E-state index contributed by atoms with van der Waals surface area (Å²) in [6, 6.07) is -1.30. The first-order valence-corrected chi connectivity index (χ1v) is 7.14. The van der Waals surface area contributed by atoms with Gasteiger partial charge < -0.3 is 16.4 Å². The fourth-order valence-corrected chi connectivity index (χ4v) is 1.91. The standard InChI is InChI=1S/C14H27N3O3/c1-5-6-7-11(13(15)19)17-14(20)12(8-9(2)3)16-10(4)18/h9,11-12H,5-8H2,1-4H3,(H2,15,19)(H,16,18)(H,17,20)/t11-,12-/m0/s1. The van der Waals surface area contributed by atoms with Crippen molar-refractivity contribution < 1.29 is 14.4 Å². The first-order chi connectivity index (χ1) is 9.27. The average Bonchev–Trinajstić information content (AvgIpc) is 2.31. The molecule has 6 heteroatoms. The van der Waals surface area contributed by atoms with Gasteiger partial charge in [0.25, 0.3) is 0 Å². The van der Waals surface area contributed by atoms with Gasteiger partial charge in [-0.1, -0.05) is 33.6 Å². The van der Waals surface area contributed by atoms with Crippen LogP contribution in [0.25, 0.3) is 0 Å². The lowest BCUT2D eigenvalue weighted by Gasteiger charge is -2.22. The molecule has 0 saturated heterocycles. The third-order valence-electron chi connectivity index (χ3n) is 2.91. The number of amides is 3. The van der Waals surface area contributed by atoms with Gasteiger partial charge in [0.05, 0.1) is 0 Å². The van der Waals surface area contributed by atoms with E-state index in [9.17, 15) is 14.4 Å². The van der Waals surface area contributed by atoms with Gasteiger partial charge in [-0.15, -0.1) is 0 Å².